The maximum absolute atomic E-state index is 15.2. The first-order chi connectivity index (χ1) is 14.5. The Labute approximate surface area is 174 Å². The predicted octanol–water partition coefficient (Wildman–Crippen LogP) is 3.07. The minimum atomic E-state index is -0.620. The number of benzene rings is 2. The molecule has 1 aromatic heterocycles. The molecule has 2 saturated heterocycles. The van der Waals surface area contributed by atoms with Crippen molar-refractivity contribution in [3.8, 4) is 0 Å². The molecule has 3 N–H and O–H groups in total. The maximum Gasteiger partial charge on any atom is 0.250 e. The standard InChI is InChI=1S/C20H21FN4O.C3H4O/c1-24-7-6-11-9-25(10-16(11)24)19-14(21)8-13(20(22)26)18-17(19)12-4-2-3-5-15(12)23-18;1-2-3-4/h2-5,8,11,16,23H,6-7,9-10H2,1H3,(H2,22,26);2-3H,1H2. The zero-order valence-electron chi connectivity index (χ0n) is 16.9. The van der Waals surface area contributed by atoms with Crippen LogP contribution in [0.2, 0.25) is 0 Å². The fraction of sp³-hybridized carbons (Fsp3) is 0.304. The number of likely N-dealkylation sites (tertiary alicyclic amines) is 1. The van der Waals surface area contributed by atoms with Gasteiger partial charge in [-0.2, -0.15) is 0 Å². The van der Waals surface area contributed by atoms with Crippen LogP contribution in [0.25, 0.3) is 21.8 Å². The van der Waals surface area contributed by atoms with Crippen molar-refractivity contribution in [2.75, 3.05) is 31.6 Å². The Morgan fingerprint density at radius 3 is 2.73 bits per heavy atom. The van der Waals surface area contributed by atoms with Crippen molar-refractivity contribution in [2.24, 2.45) is 11.7 Å². The Morgan fingerprint density at radius 1 is 1.33 bits per heavy atom. The predicted molar refractivity (Wildman–Crippen MR) is 117 cm³/mol. The van der Waals surface area contributed by atoms with Gasteiger partial charge in [0.25, 0.3) is 5.91 Å². The van der Waals surface area contributed by atoms with E-state index < -0.39 is 5.91 Å². The smallest absolute Gasteiger partial charge is 0.250 e. The fourth-order valence-electron chi connectivity index (χ4n) is 4.84. The summed E-state index contributed by atoms with van der Waals surface area (Å²) in [5.74, 6) is -0.431. The quantitative estimate of drug-likeness (QED) is 0.515. The van der Waals surface area contributed by atoms with Gasteiger partial charge in [-0.25, -0.2) is 4.39 Å². The van der Waals surface area contributed by atoms with Crippen LogP contribution in [0.3, 0.4) is 0 Å². The fourth-order valence-corrected chi connectivity index (χ4v) is 4.84. The Kier molecular flexibility index (Phi) is 5.30. The van der Waals surface area contributed by atoms with Gasteiger partial charge in [0.05, 0.1) is 16.8 Å². The number of hydrogen-bond donors (Lipinski definition) is 2. The number of aromatic nitrogens is 1. The average Bonchev–Trinajstić information content (AvgIpc) is 3.42. The molecule has 2 aromatic carbocycles. The van der Waals surface area contributed by atoms with Crippen molar-refractivity contribution < 1.29 is 14.0 Å². The highest BCUT2D eigenvalue weighted by Crippen LogP contribution is 2.41. The summed E-state index contributed by atoms with van der Waals surface area (Å²) in [5.41, 5.74) is 7.82. The zero-order valence-corrected chi connectivity index (χ0v) is 16.9. The number of halogens is 1. The lowest BCUT2D eigenvalue weighted by atomic mass is 10.0. The molecule has 156 valence electrons. The average molecular weight is 408 g/mol. The number of aldehydes is 1. The number of likely N-dealkylation sites (N-methyl/N-ethyl adjacent to an activating group) is 1. The van der Waals surface area contributed by atoms with Crippen molar-refractivity contribution in [3.05, 3.63) is 54.4 Å². The first-order valence-electron chi connectivity index (χ1n) is 10.00. The van der Waals surface area contributed by atoms with Crippen LogP contribution >= 0.6 is 0 Å². The number of nitrogens with one attached hydrogen (secondary N) is 1. The number of aromatic amines is 1. The molecule has 2 fully saturated rings. The van der Waals surface area contributed by atoms with Crippen molar-refractivity contribution in [1.82, 2.24) is 9.88 Å². The maximum atomic E-state index is 15.2. The molecule has 7 heteroatoms. The van der Waals surface area contributed by atoms with Gasteiger partial charge in [0, 0.05) is 35.4 Å². The number of H-pyrrole nitrogens is 1. The second-order valence-electron chi connectivity index (χ2n) is 7.91. The number of primary amides is 1. The molecule has 3 aromatic rings. The molecule has 1 amide bonds. The lowest BCUT2D eigenvalue weighted by molar-refractivity contribution is -0.104. The Hall–Kier alpha value is -3.19. The van der Waals surface area contributed by atoms with E-state index in [0.717, 1.165) is 42.3 Å². The van der Waals surface area contributed by atoms with Crippen molar-refractivity contribution in [1.29, 1.82) is 0 Å². The van der Waals surface area contributed by atoms with Gasteiger partial charge in [-0.05, 0) is 44.1 Å². The third-order valence-electron chi connectivity index (χ3n) is 6.21. The summed E-state index contributed by atoms with van der Waals surface area (Å²) in [6.07, 6.45) is 2.98. The number of anilines is 1. The number of allylic oxidation sites excluding steroid dienone is 1. The monoisotopic (exact) mass is 408 g/mol. The molecular weight excluding hydrogens is 383 g/mol. The van der Waals surface area contributed by atoms with E-state index in [1.54, 1.807) is 0 Å². The van der Waals surface area contributed by atoms with Gasteiger partial charge < -0.3 is 20.5 Å². The third-order valence-corrected chi connectivity index (χ3v) is 6.21. The van der Waals surface area contributed by atoms with Crippen molar-refractivity contribution in [3.63, 3.8) is 0 Å². The molecular formula is C23H25FN4O2. The first-order valence-corrected chi connectivity index (χ1v) is 10.00. The van der Waals surface area contributed by atoms with E-state index in [0.29, 0.717) is 29.4 Å². The number of amides is 1. The minimum Gasteiger partial charge on any atom is -0.367 e. The molecule has 2 aliphatic heterocycles. The van der Waals surface area contributed by atoms with Gasteiger partial charge in [-0.1, -0.05) is 24.8 Å². The molecule has 6 nitrogen and oxygen atoms in total. The van der Waals surface area contributed by atoms with Crippen LogP contribution in [0, 0.1) is 11.7 Å². The number of carbonyl (C=O) groups excluding carboxylic acids is 2. The summed E-state index contributed by atoms with van der Waals surface area (Å²) in [7, 11) is 2.14. The summed E-state index contributed by atoms with van der Waals surface area (Å²) in [5, 5.41) is 1.68. The van der Waals surface area contributed by atoms with Gasteiger partial charge in [-0.15, -0.1) is 0 Å². The number of carbonyl (C=O) groups is 2. The van der Waals surface area contributed by atoms with Crippen molar-refractivity contribution in [2.45, 2.75) is 12.5 Å². The summed E-state index contributed by atoms with van der Waals surface area (Å²) in [4.78, 5) is 28.7. The summed E-state index contributed by atoms with van der Waals surface area (Å²) >= 11 is 0. The summed E-state index contributed by atoms with van der Waals surface area (Å²) in [6, 6.07) is 9.51. The molecule has 5 rings (SSSR count). The number of nitrogens with two attached hydrogens (primary N) is 1. The Morgan fingerprint density at radius 2 is 2.07 bits per heavy atom. The van der Waals surface area contributed by atoms with Crippen LogP contribution in [0.5, 0.6) is 0 Å². The molecule has 0 radical (unpaired) electrons. The van der Waals surface area contributed by atoms with E-state index in [2.05, 4.69) is 28.4 Å². The van der Waals surface area contributed by atoms with Crippen LogP contribution in [-0.4, -0.2) is 54.8 Å². The van der Waals surface area contributed by atoms with E-state index in [-0.39, 0.29) is 11.4 Å². The number of nitrogens with zero attached hydrogens (tertiary/aromatic N) is 2. The number of fused-ring (bicyclic) bond motifs is 4. The minimum absolute atomic E-state index is 0.203. The lowest BCUT2D eigenvalue weighted by Crippen LogP contribution is -2.32. The lowest BCUT2D eigenvalue weighted by Gasteiger charge is -2.24. The van der Waals surface area contributed by atoms with E-state index in [1.165, 1.54) is 12.1 Å². The van der Waals surface area contributed by atoms with Gasteiger partial charge in [0.15, 0.2) is 0 Å². The molecule has 0 bridgehead atoms. The molecule has 0 saturated carbocycles. The van der Waals surface area contributed by atoms with Gasteiger partial charge in [0.2, 0.25) is 0 Å². The first kappa shape index (κ1) is 20.1. The molecule has 3 heterocycles. The van der Waals surface area contributed by atoms with Crippen molar-refractivity contribution >= 4 is 39.7 Å². The van der Waals surface area contributed by atoms with E-state index in [9.17, 15) is 4.79 Å². The molecule has 2 unspecified atom stereocenters. The Balaban J connectivity index is 0.000000503. The van der Waals surface area contributed by atoms with Crippen LogP contribution in [0.15, 0.2) is 43.0 Å². The molecule has 2 aliphatic rings. The number of hydrogen-bond acceptors (Lipinski definition) is 4. The highest BCUT2D eigenvalue weighted by molar-refractivity contribution is 6.19. The number of rotatable bonds is 3. The summed E-state index contributed by atoms with van der Waals surface area (Å²) < 4.78 is 15.2. The van der Waals surface area contributed by atoms with E-state index >= 15 is 4.39 Å². The normalized spacial score (nSPS) is 20.8. The molecule has 0 spiro atoms. The van der Waals surface area contributed by atoms with Gasteiger partial charge >= 0.3 is 0 Å². The third kappa shape index (κ3) is 3.25. The molecule has 2 atom stereocenters. The van der Waals surface area contributed by atoms with Crippen LogP contribution < -0.4 is 10.6 Å². The topological polar surface area (TPSA) is 82.4 Å². The second kappa shape index (κ2) is 7.91. The van der Waals surface area contributed by atoms with Gasteiger partial charge in [-0.3, -0.25) is 9.59 Å². The zero-order chi connectivity index (χ0) is 21.4. The van der Waals surface area contributed by atoms with Gasteiger partial charge in [0.1, 0.15) is 12.1 Å². The Bertz CT molecular complexity index is 1130. The molecule has 0 aliphatic carbocycles. The van der Waals surface area contributed by atoms with Crippen LogP contribution in [0.4, 0.5) is 10.1 Å². The SMILES string of the molecule is C=CC=O.CN1CCC2CN(c3c(F)cc(C(N)=O)c4[nH]c5ccccc5c34)CC21. The van der Waals surface area contributed by atoms with Crippen LogP contribution in [-0.2, 0) is 4.79 Å². The summed E-state index contributed by atoms with van der Waals surface area (Å²) in [6.45, 7) is 5.87. The van der Waals surface area contributed by atoms with Crippen LogP contribution in [0.1, 0.15) is 16.8 Å². The number of para-hydroxylation sites is 1. The van der Waals surface area contributed by atoms with E-state index in [4.69, 9.17) is 10.5 Å². The largest absolute Gasteiger partial charge is 0.367 e. The van der Waals surface area contributed by atoms with E-state index in [1.807, 2.05) is 24.3 Å². The highest BCUT2D eigenvalue weighted by atomic mass is 19.1. The second-order valence-corrected chi connectivity index (χ2v) is 7.91. The highest BCUT2D eigenvalue weighted by Gasteiger charge is 2.41. The molecule has 30 heavy (non-hydrogen) atoms.